The van der Waals surface area contributed by atoms with E-state index in [-0.39, 0.29) is 11.9 Å². The fourth-order valence-electron chi connectivity index (χ4n) is 3.46. The van der Waals surface area contributed by atoms with Gasteiger partial charge in [-0.05, 0) is 31.0 Å². The van der Waals surface area contributed by atoms with Crippen molar-refractivity contribution in [2.45, 2.75) is 19.4 Å². The van der Waals surface area contributed by atoms with Gasteiger partial charge in [0.15, 0.2) is 0 Å². The highest BCUT2D eigenvalue weighted by atomic mass is 16.5. The second-order valence-corrected chi connectivity index (χ2v) is 6.98. The molecule has 0 aromatic heterocycles. The number of para-hydroxylation sites is 2. The maximum absolute atomic E-state index is 12.7. The lowest BCUT2D eigenvalue weighted by atomic mass is 10.1. The maximum atomic E-state index is 12.7. The largest absolute Gasteiger partial charge is 0.495 e. The van der Waals surface area contributed by atoms with Crippen molar-refractivity contribution >= 4 is 11.6 Å². The van der Waals surface area contributed by atoms with Crippen molar-refractivity contribution in [1.29, 1.82) is 0 Å². The third-order valence-corrected chi connectivity index (χ3v) is 5.26. The SMILES string of the molecule is COc1ccccc1NC(=O)[C@H](C)N1CCN(CCc2ccccc2)CC1. The van der Waals surface area contributed by atoms with Crippen molar-refractivity contribution in [3.05, 3.63) is 60.2 Å². The van der Waals surface area contributed by atoms with Crippen molar-refractivity contribution in [3.8, 4) is 5.75 Å². The van der Waals surface area contributed by atoms with Gasteiger partial charge >= 0.3 is 0 Å². The van der Waals surface area contributed by atoms with Crippen molar-refractivity contribution in [2.75, 3.05) is 45.2 Å². The molecule has 1 fully saturated rings. The molecule has 2 aromatic rings. The summed E-state index contributed by atoms with van der Waals surface area (Å²) in [5.41, 5.74) is 2.10. The molecule has 2 aromatic carbocycles. The summed E-state index contributed by atoms with van der Waals surface area (Å²) in [6.07, 6.45) is 1.07. The van der Waals surface area contributed by atoms with E-state index in [1.165, 1.54) is 5.56 Å². The summed E-state index contributed by atoms with van der Waals surface area (Å²) in [5.74, 6) is 0.695. The predicted octanol–water partition coefficient (Wildman–Crippen LogP) is 2.88. The van der Waals surface area contributed by atoms with Gasteiger partial charge in [-0.1, -0.05) is 42.5 Å². The summed E-state index contributed by atoms with van der Waals surface area (Å²) in [7, 11) is 1.61. The van der Waals surface area contributed by atoms with Gasteiger partial charge in [-0.15, -0.1) is 0 Å². The van der Waals surface area contributed by atoms with Crippen LogP contribution in [0.4, 0.5) is 5.69 Å². The van der Waals surface area contributed by atoms with Crippen LogP contribution in [0.25, 0.3) is 0 Å². The number of methoxy groups -OCH3 is 1. The molecule has 1 heterocycles. The molecule has 0 bridgehead atoms. The highest BCUT2D eigenvalue weighted by Crippen LogP contribution is 2.23. The third kappa shape index (κ3) is 5.31. The van der Waals surface area contributed by atoms with E-state index in [2.05, 4.69) is 45.4 Å². The highest BCUT2D eigenvalue weighted by molar-refractivity contribution is 5.95. The quantitative estimate of drug-likeness (QED) is 0.817. The second-order valence-electron chi connectivity index (χ2n) is 6.98. The van der Waals surface area contributed by atoms with E-state index in [9.17, 15) is 4.79 Å². The van der Waals surface area contributed by atoms with Crippen molar-refractivity contribution in [3.63, 3.8) is 0 Å². The Kier molecular flexibility index (Phi) is 6.85. The second kappa shape index (κ2) is 9.53. The van der Waals surface area contributed by atoms with E-state index < -0.39 is 0 Å². The first-order chi connectivity index (χ1) is 13.2. The van der Waals surface area contributed by atoms with Gasteiger partial charge in [-0.25, -0.2) is 0 Å². The lowest BCUT2D eigenvalue weighted by Crippen LogP contribution is -2.53. The molecule has 1 aliphatic rings. The topological polar surface area (TPSA) is 44.8 Å². The number of amides is 1. The van der Waals surface area contributed by atoms with Gasteiger partial charge in [0, 0.05) is 32.7 Å². The van der Waals surface area contributed by atoms with Crippen LogP contribution in [0.5, 0.6) is 5.75 Å². The minimum Gasteiger partial charge on any atom is -0.495 e. The summed E-state index contributed by atoms with van der Waals surface area (Å²) >= 11 is 0. The van der Waals surface area contributed by atoms with Crippen LogP contribution >= 0.6 is 0 Å². The van der Waals surface area contributed by atoms with Crippen LogP contribution in [0.1, 0.15) is 12.5 Å². The Bertz CT molecular complexity index is 727. The molecule has 0 spiro atoms. The average molecular weight is 367 g/mol. The van der Waals surface area contributed by atoms with Gasteiger partial charge in [0.1, 0.15) is 5.75 Å². The van der Waals surface area contributed by atoms with Crippen molar-refractivity contribution < 1.29 is 9.53 Å². The number of nitrogens with zero attached hydrogens (tertiary/aromatic N) is 2. The van der Waals surface area contributed by atoms with Gasteiger partial charge in [0.25, 0.3) is 0 Å². The molecule has 0 radical (unpaired) electrons. The van der Waals surface area contributed by atoms with E-state index >= 15 is 0 Å². The normalized spacial score (nSPS) is 16.7. The standard InChI is InChI=1S/C22H29N3O2/c1-18(22(26)23-20-10-6-7-11-21(20)27-2)25-16-14-24(15-17-25)13-12-19-8-4-3-5-9-19/h3-11,18H,12-17H2,1-2H3,(H,23,26)/t18-/m0/s1. The number of carbonyl (C=O) groups excluding carboxylic acids is 1. The highest BCUT2D eigenvalue weighted by Gasteiger charge is 2.25. The van der Waals surface area contributed by atoms with Gasteiger partial charge < -0.3 is 15.0 Å². The fraction of sp³-hybridized carbons (Fsp3) is 0.409. The van der Waals surface area contributed by atoms with Crippen LogP contribution in [0.15, 0.2) is 54.6 Å². The first-order valence-electron chi connectivity index (χ1n) is 9.61. The predicted molar refractivity (Wildman–Crippen MR) is 109 cm³/mol. The molecular formula is C22H29N3O2. The molecule has 1 N–H and O–H groups in total. The molecule has 5 heteroatoms. The van der Waals surface area contributed by atoms with Crippen LogP contribution in [-0.2, 0) is 11.2 Å². The van der Waals surface area contributed by atoms with E-state index in [0.29, 0.717) is 5.75 Å². The Morgan fingerprint density at radius 2 is 1.70 bits per heavy atom. The van der Waals surface area contributed by atoms with E-state index in [4.69, 9.17) is 4.74 Å². The monoisotopic (exact) mass is 367 g/mol. The molecule has 3 rings (SSSR count). The van der Waals surface area contributed by atoms with Gasteiger partial charge in [-0.3, -0.25) is 9.69 Å². The minimum atomic E-state index is -0.161. The lowest BCUT2D eigenvalue weighted by Gasteiger charge is -2.37. The molecule has 1 amide bonds. The van der Waals surface area contributed by atoms with Crippen LogP contribution in [0, 0.1) is 0 Å². The number of carbonyl (C=O) groups is 1. The Morgan fingerprint density at radius 1 is 1.04 bits per heavy atom. The first kappa shape index (κ1) is 19.4. The summed E-state index contributed by atoms with van der Waals surface area (Å²) < 4.78 is 5.31. The zero-order chi connectivity index (χ0) is 19.1. The summed E-state index contributed by atoms with van der Waals surface area (Å²) in [6, 6.07) is 18.0. The fourth-order valence-corrected chi connectivity index (χ4v) is 3.46. The minimum absolute atomic E-state index is 0.0113. The summed E-state index contributed by atoms with van der Waals surface area (Å²) in [4.78, 5) is 17.4. The van der Waals surface area contributed by atoms with Crippen molar-refractivity contribution in [2.24, 2.45) is 0 Å². The van der Waals surface area contributed by atoms with Crippen LogP contribution in [0.2, 0.25) is 0 Å². The summed E-state index contributed by atoms with van der Waals surface area (Å²) in [6.45, 7) is 6.87. The van der Waals surface area contributed by atoms with E-state index in [1.54, 1.807) is 7.11 Å². The van der Waals surface area contributed by atoms with Crippen molar-refractivity contribution in [1.82, 2.24) is 9.80 Å². The Balaban J connectivity index is 1.46. The molecule has 1 saturated heterocycles. The Morgan fingerprint density at radius 3 is 2.41 bits per heavy atom. The van der Waals surface area contributed by atoms with Crippen LogP contribution < -0.4 is 10.1 Å². The number of nitrogens with one attached hydrogen (secondary N) is 1. The lowest BCUT2D eigenvalue weighted by molar-refractivity contribution is -0.121. The molecular weight excluding hydrogens is 338 g/mol. The van der Waals surface area contributed by atoms with Crippen LogP contribution in [0.3, 0.4) is 0 Å². The number of piperazine rings is 1. The molecule has 0 unspecified atom stereocenters. The van der Waals surface area contributed by atoms with Crippen LogP contribution in [-0.4, -0.2) is 61.6 Å². The molecule has 0 aliphatic carbocycles. The average Bonchev–Trinajstić information content (AvgIpc) is 2.73. The molecule has 1 aliphatic heterocycles. The third-order valence-electron chi connectivity index (χ3n) is 5.26. The summed E-state index contributed by atoms with van der Waals surface area (Å²) in [5, 5.41) is 3.00. The van der Waals surface area contributed by atoms with E-state index in [0.717, 1.165) is 44.8 Å². The number of ether oxygens (including phenoxy) is 1. The molecule has 27 heavy (non-hydrogen) atoms. The van der Waals surface area contributed by atoms with Gasteiger partial charge in [-0.2, -0.15) is 0 Å². The smallest absolute Gasteiger partial charge is 0.241 e. The zero-order valence-corrected chi connectivity index (χ0v) is 16.2. The number of rotatable bonds is 7. The molecule has 1 atom stereocenters. The number of anilines is 1. The zero-order valence-electron chi connectivity index (χ0n) is 16.2. The number of hydrogen-bond donors (Lipinski definition) is 1. The number of hydrogen-bond acceptors (Lipinski definition) is 4. The number of benzene rings is 2. The van der Waals surface area contributed by atoms with Gasteiger partial charge in [0.05, 0.1) is 18.8 Å². The first-order valence-corrected chi connectivity index (χ1v) is 9.61. The Labute approximate surface area is 161 Å². The maximum Gasteiger partial charge on any atom is 0.241 e. The Hall–Kier alpha value is -2.37. The molecule has 144 valence electrons. The molecule has 0 saturated carbocycles. The van der Waals surface area contributed by atoms with Gasteiger partial charge in [0.2, 0.25) is 5.91 Å². The molecule has 5 nitrogen and oxygen atoms in total. The van der Waals surface area contributed by atoms with E-state index in [1.807, 2.05) is 31.2 Å².